The van der Waals surface area contributed by atoms with Crippen LogP contribution in [0.4, 0.5) is 0 Å². The van der Waals surface area contributed by atoms with E-state index in [0.717, 1.165) is 16.8 Å². The van der Waals surface area contributed by atoms with Crippen LogP contribution in [0, 0.1) is 6.92 Å². The van der Waals surface area contributed by atoms with Gasteiger partial charge in [0, 0.05) is 30.6 Å². The van der Waals surface area contributed by atoms with Crippen LogP contribution >= 0.6 is 0 Å². The Morgan fingerprint density at radius 3 is 2.67 bits per heavy atom. The molecule has 2 heterocycles. The number of rotatable bonds is 2. The molecule has 2 aromatic heterocycles. The van der Waals surface area contributed by atoms with Gasteiger partial charge in [0.15, 0.2) is 0 Å². The van der Waals surface area contributed by atoms with E-state index in [1.54, 1.807) is 11.8 Å². The summed E-state index contributed by atoms with van der Waals surface area (Å²) >= 11 is 0. The maximum Gasteiger partial charge on any atom is 0.213 e. The van der Waals surface area contributed by atoms with Crippen LogP contribution in [0.25, 0.3) is 11.1 Å². The number of nitrogens with zero attached hydrogens (tertiary/aromatic N) is 3. The van der Waals surface area contributed by atoms with Crippen molar-refractivity contribution >= 4 is 0 Å². The Bertz CT molecular complexity index is 476. The van der Waals surface area contributed by atoms with Gasteiger partial charge in [0.05, 0.1) is 13.3 Å². The van der Waals surface area contributed by atoms with Crippen LogP contribution in [-0.2, 0) is 7.05 Å². The standard InChI is InChI=1S/C11H13N3O/c1-8-4-9(5-11(13-8)15-3)10-6-12-14(2)7-10/h4-7H,1-3H3. The normalized spacial score (nSPS) is 10.3. The summed E-state index contributed by atoms with van der Waals surface area (Å²) in [7, 11) is 3.52. The molecule has 4 heteroatoms. The maximum atomic E-state index is 5.13. The van der Waals surface area contributed by atoms with E-state index in [-0.39, 0.29) is 0 Å². The highest BCUT2D eigenvalue weighted by Crippen LogP contribution is 2.22. The number of ether oxygens (including phenoxy) is 1. The number of pyridine rings is 1. The molecule has 0 aliphatic carbocycles. The monoisotopic (exact) mass is 203 g/mol. The molecule has 0 fully saturated rings. The second-order valence-corrected chi connectivity index (χ2v) is 3.44. The lowest BCUT2D eigenvalue weighted by atomic mass is 10.1. The molecule has 0 saturated carbocycles. The van der Waals surface area contributed by atoms with Crippen molar-refractivity contribution in [3.63, 3.8) is 0 Å². The van der Waals surface area contributed by atoms with E-state index in [1.807, 2.05) is 38.5 Å². The minimum atomic E-state index is 0.633. The van der Waals surface area contributed by atoms with Crippen molar-refractivity contribution in [3.8, 4) is 17.0 Å². The van der Waals surface area contributed by atoms with Gasteiger partial charge in [0.25, 0.3) is 0 Å². The van der Waals surface area contributed by atoms with Crippen LogP contribution < -0.4 is 4.74 Å². The van der Waals surface area contributed by atoms with Gasteiger partial charge in [-0.3, -0.25) is 4.68 Å². The van der Waals surface area contributed by atoms with Crippen molar-refractivity contribution in [2.75, 3.05) is 7.11 Å². The summed E-state index contributed by atoms with van der Waals surface area (Å²) in [6.45, 7) is 1.95. The Hall–Kier alpha value is -1.84. The van der Waals surface area contributed by atoms with Gasteiger partial charge in [-0.2, -0.15) is 5.10 Å². The summed E-state index contributed by atoms with van der Waals surface area (Å²) < 4.78 is 6.90. The number of aromatic nitrogens is 3. The van der Waals surface area contributed by atoms with Crippen molar-refractivity contribution in [1.29, 1.82) is 0 Å². The molecule has 78 valence electrons. The van der Waals surface area contributed by atoms with E-state index in [1.165, 1.54) is 0 Å². The molecule has 2 aromatic rings. The fraction of sp³-hybridized carbons (Fsp3) is 0.273. The molecular weight excluding hydrogens is 190 g/mol. The van der Waals surface area contributed by atoms with Crippen molar-refractivity contribution in [1.82, 2.24) is 14.8 Å². The Morgan fingerprint density at radius 2 is 2.07 bits per heavy atom. The summed E-state index contributed by atoms with van der Waals surface area (Å²) in [5, 5.41) is 4.13. The zero-order valence-electron chi connectivity index (χ0n) is 9.06. The quantitative estimate of drug-likeness (QED) is 0.747. The molecule has 0 amide bonds. The molecule has 0 unspecified atom stereocenters. The molecule has 0 aromatic carbocycles. The molecular formula is C11H13N3O. The van der Waals surface area contributed by atoms with Crippen LogP contribution in [0.15, 0.2) is 24.5 Å². The summed E-state index contributed by atoms with van der Waals surface area (Å²) in [6.07, 6.45) is 3.79. The number of hydrogen-bond acceptors (Lipinski definition) is 3. The molecule has 0 bridgehead atoms. The molecule has 0 spiro atoms. The first kappa shape index (κ1) is 9.71. The van der Waals surface area contributed by atoms with E-state index in [0.29, 0.717) is 5.88 Å². The molecule has 4 nitrogen and oxygen atoms in total. The van der Waals surface area contributed by atoms with Crippen molar-refractivity contribution < 1.29 is 4.74 Å². The molecule has 0 aliphatic rings. The molecule has 2 rings (SSSR count). The fourth-order valence-electron chi connectivity index (χ4n) is 1.48. The van der Waals surface area contributed by atoms with E-state index in [2.05, 4.69) is 10.1 Å². The SMILES string of the molecule is COc1cc(-c2cnn(C)c2)cc(C)n1. The molecule has 0 atom stereocenters. The average molecular weight is 203 g/mol. The Kier molecular flexibility index (Phi) is 2.41. The Balaban J connectivity index is 2.48. The third-order valence-corrected chi connectivity index (χ3v) is 2.18. The predicted octanol–water partition coefficient (Wildman–Crippen LogP) is 1.80. The first-order chi connectivity index (χ1) is 7.19. The van der Waals surface area contributed by atoms with Crippen LogP contribution in [-0.4, -0.2) is 21.9 Å². The van der Waals surface area contributed by atoms with E-state index in [4.69, 9.17) is 4.74 Å². The van der Waals surface area contributed by atoms with E-state index in [9.17, 15) is 0 Å². The topological polar surface area (TPSA) is 39.9 Å². The smallest absolute Gasteiger partial charge is 0.213 e. The van der Waals surface area contributed by atoms with Gasteiger partial charge in [-0.05, 0) is 18.6 Å². The first-order valence-electron chi connectivity index (χ1n) is 4.71. The van der Waals surface area contributed by atoms with Crippen LogP contribution in [0.3, 0.4) is 0 Å². The second-order valence-electron chi connectivity index (χ2n) is 3.44. The van der Waals surface area contributed by atoms with Gasteiger partial charge in [0.1, 0.15) is 0 Å². The summed E-state index contributed by atoms with van der Waals surface area (Å²) in [5.74, 6) is 0.633. The van der Waals surface area contributed by atoms with Gasteiger partial charge >= 0.3 is 0 Å². The average Bonchev–Trinajstić information content (AvgIpc) is 2.64. The van der Waals surface area contributed by atoms with Gasteiger partial charge in [-0.1, -0.05) is 0 Å². The molecule has 0 aliphatic heterocycles. The summed E-state index contributed by atoms with van der Waals surface area (Å²) in [6, 6.07) is 3.92. The third-order valence-electron chi connectivity index (χ3n) is 2.18. The lowest BCUT2D eigenvalue weighted by Crippen LogP contribution is -1.90. The van der Waals surface area contributed by atoms with Crippen LogP contribution in [0.5, 0.6) is 5.88 Å². The zero-order chi connectivity index (χ0) is 10.8. The molecule has 0 radical (unpaired) electrons. The highest BCUT2D eigenvalue weighted by molar-refractivity contribution is 5.63. The van der Waals surface area contributed by atoms with Gasteiger partial charge < -0.3 is 4.74 Å². The Labute approximate surface area is 88.5 Å². The highest BCUT2D eigenvalue weighted by Gasteiger charge is 2.04. The predicted molar refractivity (Wildman–Crippen MR) is 57.7 cm³/mol. The van der Waals surface area contributed by atoms with Crippen molar-refractivity contribution in [3.05, 3.63) is 30.2 Å². The Morgan fingerprint density at radius 1 is 1.27 bits per heavy atom. The van der Waals surface area contributed by atoms with Crippen LogP contribution in [0.1, 0.15) is 5.69 Å². The van der Waals surface area contributed by atoms with Crippen molar-refractivity contribution in [2.24, 2.45) is 7.05 Å². The fourth-order valence-corrected chi connectivity index (χ4v) is 1.48. The largest absolute Gasteiger partial charge is 0.481 e. The lowest BCUT2D eigenvalue weighted by molar-refractivity contribution is 0.397. The zero-order valence-corrected chi connectivity index (χ0v) is 9.06. The van der Waals surface area contributed by atoms with Gasteiger partial charge in [-0.15, -0.1) is 0 Å². The minimum absolute atomic E-state index is 0.633. The molecule has 0 N–H and O–H groups in total. The minimum Gasteiger partial charge on any atom is -0.481 e. The first-order valence-corrected chi connectivity index (χ1v) is 4.71. The van der Waals surface area contributed by atoms with Gasteiger partial charge in [0.2, 0.25) is 5.88 Å². The van der Waals surface area contributed by atoms with E-state index < -0.39 is 0 Å². The van der Waals surface area contributed by atoms with E-state index >= 15 is 0 Å². The molecule has 15 heavy (non-hydrogen) atoms. The summed E-state index contributed by atoms with van der Waals surface area (Å²) in [4.78, 5) is 4.24. The third kappa shape index (κ3) is 1.98. The van der Waals surface area contributed by atoms with Crippen LogP contribution in [0.2, 0.25) is 0 Å². The highest BCUT2D eigenvalue weighted by atomic mass is 16.5. The maximum absolute atomic E-state index is 5.13. The lowest BCUT2D eigenvalue weighted by Gasteiger charge is -2.03. The number of aryl methyl sites for hydroxylation is 2. The van der Waals surface area contributed by atoms with Crippen molar-refractivity contribution in [2.45, 2.75) is 6.92 Å². The second kappa shape index (κ2) is 3.73. The summed E-state index contributed by atoms with van der Waals surface area (Å²) in [5.41, 5.74) is 3.09. The number of methoxy groups -OCH3 is 1. The molecule has 0 saturated heterocycles. The van der Waals surface area contributed by atoms with Gasteiger partial charge in [-0.25, -0.2) is 4.98 Å². The number of hydrogen-bond donors (Lipinski definition) is 0.